The number of alkyl halides is 3. The van der Waals surface area contributed by atoms with Crippen LogP contribution < -0.4 is 10.1 Å². The van der Waals surface area contributed by atoms with E-state index in [9.17, 15) is 18.0 Å². The van der Waals surface area contributed by atoms with Crippen molar-refractivity contribution in [2.45, 2.75) is 32.5 Å². The van der Waals surface area contributed by atoms with Crippen LogP contribution in [0.3, 0.4) is 0 Å². The highest BCUT2D eigenvalue weighted by Crippen LogP contribution is 2.30. The maximum absolute atomic E-state index is 12.3. The number of alkyl carbamates (subject to hydrolysis) is 1. The van der Waals surface area contributed by atoms with E-state index in [0.29, 0.717) is 5.75 Å². The number of ether oxygens (including phenoxy) is 2. The molecule has 0 aromatic heterocycles. The molecule has 0 fully saturated rings. The predicted molar refractivity (Wildman–Crippen MR) is 71.2 cm³/mol. The standard InChI is InChI=1S/C14H18F3NO3/c1-13(2,3)21-12(19)18-8-9-20-11-6-4-10(5-7-11)14(15,16)17/h4-7H,8-9H2,1-3H3,(H,18,19). The molecule has 4 nitrogen and oxygen atoms in total. The molecule has 0 unspecified atom stereocenters. The Labute approximate surface area is 121 Å². The van der Waals surface area contributed by atoms with Gasteiger partial charge in [-0.15, -0.1) is 0 Å². The Morgan fingerprint density at radius 2 is 1.71 bits per heavy atom. The first-order valence-electron chi connectivity index (χ1n) is 6.35. The number of carbonyl (C=O) groups excluding carboxylic acids is 1. The molecule has 1 aromatic carbocycles. The maximum Gasteiger partial charge on any atom is 0.416 e. The van der Waals surface area contributed by atoms with Crippen molar-refractivity contribution in [3.8, 4) is 5.75 Å². The number of benzene rings is 1. The number of amides is 1. The molecule has 0 spiro atoms. The third-order valence-corrected chi connectivity index (χ3v) is 2.22. The fourth-order valence-corrected chi connectivity index (χ4v) is 1.38. The molecule has 1 rings (SSSR count). The molecule has 1 N–H and O–H groups in total. The number of hydrogen-bond acceptors (Lipinski definition) is 3. The minimum atomic E-state index is -4.36. The maximum atomic E-state index is 12.3. The van der Waals surface area contributed by atoms with Crippen LogP contribution in [0.2, 0.25) is 0 Å². The van der Waals surface area contributed by atoms with Crippen molar-refractivity contribution in [1.29, 1.82) is 0 Å². The molecular weight excluding hydrogens is 287 g/mol. The Hall–Kier alpha value is -1.92. The fourth-order valence-electron chi connectivity index (χ4n) is 1.38. The van der Waals surface area contributed by atoms with Gasteiger partial charge < -0.3 is 14.8 Å². The van der Waals surface area contributed by atoms with Crippen molar-refractivity contribution in [2.24, 2.45) is 0 Å². The molecule has 0 aliphatic heterocycles. The Balaban J connectivity index is 2.32. The number of hydrogen-bond donors (Lipinski definition) is 1. The molecular formula is C14H18F3NO3. The van der Waals surface area contributed by atoms with Gasteiger partial charge in [0.05, 0.1) is 12.1 Å². The van der Waals surface area contributed by atoms with E-state index in [1.54, 1.807) is 20.8 Å². The Morgan fingerprint density at radius 1 is 1.14 bits per heavy atom. The van der Waals surface area contributed by atoms with E-state index >= 15 is 0 Å². The Morgan fingerprint density at radius 3 is 2.19 bits per heavy atom. The molecule has 7 heteroatoms. The third-order valence-electron chi connectivity index (χ3n) is 2.22. The van der Waals surface area contributed by atoms with Gasteiger partial charge in [-0.1, -0.05) is 0 Å². The molecule has 1 amide bonds. The highest BCUT2D eigenvalue weighted by atomic mass is 19.4. The summed E-state index contributed by atoms with van der Waals surface area (Å²) in [5.41, 5.74) is -1.32. The van der Waals surface area contributed by atoms with E-state index in [4.69, 9.17) is 9.47 Å². The van der Waals surface area contributed by atoms with Gasteiger partial charge in [0.1, 0.15) is 18.0 Å². The molecule has 0 bridgehead atoms. The van der Waals surface area contributed by atoms with E-state index in [1.807, 2.05) is 0 Å². The van der Waals surface area contributed by atoms with E-state index in [-0.39, 0.29) is 13.2 Å². The van der Waals surface area contributed by atoms with Crippen molar-refractivity contribution >= 4 is 6.09 Å². The first-order valence-corrected chi connectivity index (χ1v) is 6.35. The summed E-state index contributed by atoms with van der Waals surface area (Å²) in [5, 5.41) is 2.48. The third kappa shape index (κ3) is 6.87. The van der Waals surface area contributed by atoms with Gasteiger partial charge in [0.25, 0.3) is 0 Å². The molecule has 118 valence electrons. The fraction of sp³-hybridized carbons (Fsp3) is 0.500. The Bertz CT molecular complexity index is 464. The first-order chi connectivity index (χ1) is 9.58. The predicted octanol–water partition coefficient (Wildman–Crippen LogP) is 3.61. The van der Waals surface area contributed by atoms with Gasteiger partial charge in [0.2, 0.25) is 0 Å². The normalized spacial score (nSPS) is 11.9. The highest BCUT2D eigenvalue weighted by Gasteiger charge is 2.29. The number of halogens is 3. The van der Waals surface area contributed by atoms with Crippen LogP contribution in [0.5, 0.6) is 5.75 Å². The van der Waals surface area contributed by atoms with Gasteiger partial charge in [-0.3, -0.25) is 0 Å². The monoisotopic (exact) mass is 305 g/mol. The second kappa shape index (κ2) is 6.69. The van der Waals surface area contributed by atoms with Gasteiger partial charge in [0.15, 0.2) is 0 Å². The molecule has 0 aliphatic rings. The second-order valence-electron chi connectivity index (χ2n) is 5.30. The molecule has 21 heavy (non-hydrogen) atoms. The van der Waals surface area contributed by atoms with Crippen molar-refractivity contribution in [1.82, 2.24) is 5.32 Å². The van der Waals surface area contributed by atoms with Gasteiger partial charge in [-0.05, 0) is 45.0 Å². The largest absolute Gasteiger partial charge is 0.492 e. The molecule has 0 radical (unpaired) electrons. The molecule has 0 saturated carbocycles. The summed E-state index contributed by atoms with van der Waals surface area (Å²) in [6, 6.07) is 4.35. The van der Waals surface area contributed by atoms with Crippen LogP contribution in [-0.2, 0) is 10.9 Å². The molecule has 0 heterocycles. The van der Waals surface area contributed by atoms with Crippen LogP contribution in [-0.4, -0.2) is 24.8 Å². The SMILES string of the molecule is CC(C)(C)OC(=O)NCCOc1ccc(C(F)(F)F)cc1. The zero-order chi connectivity index (χ0) is 16.1. The summed E-state index contributed by atoms with van der Waals surface area (Å²) >= 11 is 0. The van der Waals surface area contributed by atoms with Gasteiger partial charge in [0, 0.05) is 0 Å². The zero-order valence-electron chi connectivity index (χ0n) is 12.1. The minimum Gasteiger partial charge on any atom is -0.492 e. The highest BCUT2D eigenvalue weighted by molar-refractivity contribution is 5.67. The lowest BCUT2D eigenvalue weighted by Gasteiger charge is -2.19. The average molecular weight is 305 g/mol. The molecule has 0 saturated heterocycles. The lowest BCUT2D eigenvalue weighted by Crippen LogP contribution is -2.34. The average Bonchev–Trinajstić information content (AvgIpc) is 2.32. The summed E-state index contributed by atoms with van der Waals surface area (Å²) in [6.45, 7) is 5.54. The summed E-state index contributed by atoms with van der Waals surface area (Å²) in [5.74, 6) is 0.300. The van der Waals surface area contributed by atoms with Gasteiger partial charge >= 0.3 is 12.3 Å². The van der Waals surface area contributed by atoms with Crippen molar-refractivity contribution in [3.05, 3.63) is 29.8 Å². The van der Waals surface area contributed by atoms with E-state index in [2.05, 4.69) is 5.32 Å². The van der Waals surface area contributed by atoms with Crippen LogP contribution in [0.25, 0.3) is 0 Å². The zero-order valence-corrected chi connectivity index (χ0v) is 12.1. The van der Waals surface area contributed by atoms with Crippen LogP contribution in [0, 0.1) is 0 Å². The number of carbonyl (C=O) groups is 1. The molecule has 1 aromatic rings. The van der Waals surface area contributed by atoms with Crippen molar-refractivity contribution in [3.63, 3.8) is 0 Å². The van der Waals surface area contributed by atoms with Crippen molar-refractivity contribution in [2.75, 3.05) is 13.2 Å². The Kier molecular flexibility index (Phi) is 5.46. The summed E-state index contributed by atoms with van der Waals surface area (Å²) in [7, 11) is 0. The topological polar surface area (TPSA) is 47.6 Å². The van der Waals surface area contributed by atoms with E-state index in [1.165, 1.54) is 12.1 Å². The minimum absolute atomic E-state index is 0.130. The lowest BCUT2D eigenvalue weighted by molar-refractivity contribution is -0.137. The number of rotatable bonds is 4. The van der Waals surface area contributed by atoms with Crippen molar-refractivity contribution < 1.29 is 27.4 Å². The quantitative estimate of drug-likeness (QED) is 0.864. The first kappa shape index (κ1) is 17.1. The van der Waals surface area contributed by atoms with Gasteiger partial charge in [-0.25, -0.2) is 4.79 Å². The smallest absolute Gasteiger partial charge is 0.416 e. The van der Waals surface area contributed by atoms with Crippen LogP contribution in [0.1, 0.15) is 26.3 Å². The van der Waals surface area contributed by atoms with Crippen LogP contribution in [0.15, 0.2) is 24.3 Å². The lowest BCUT2D eigenvalue weighted by atomic mass is 10.2. The van der Waals surface area contributed by atoms with Gasteiger partial charge in [-0.2, -0.15) is 13.2 Å². The number of nitrogens with one attached hydrogen (secondary N) is 1. The van der Waals surface area contributed by atoms with Crippen LogP contribution in [0.4, 0.5) is 18.0 Å². The summed E-state index contributed by atoms with van der Waals surface area (Å²) in [4.78, 5) is 11.3. The molecule has 0 atom stereocenters. The molecule has 0 aliphatic carbocycles. The van der Waals surface area contributed by atoms with E-state index in [0.717, 1.165) is 12.1 Å². The van der Waals surface area contributed by atoms with E-state index < -0.39 is 23.4 Å². The summed E-state index contributed by atoms with van der Waals surface area (Å²) < 4.78 is 47.3. The second-order valence-corrected chi connectivity index (χ2v) is 5.30. The summed E-state index contributed by atoms with van der Waals surface area (Å²) in [6.07, 6.45) is -4.94. The van der Waals surface area contributed by atoms with Crippen LogP contribution >= 0.6 is 0 Å².